The van der Waals surface area contributed by atoms with Crippen LogP contribution in [0, 0.1) is 0 Å². The Bertz CT molecular complexity index is 261. The molecule has 1 heterocycles. The van der Waals surface area contributed by atoms with Crippen LogP contribution in [0.25, 0.3) is 0 Å². The van der Waals surface area contributed by atoms with Gasteiger partial charge in [-0.1, -0.05) is 6.92 Å². The number of hydrogen-bond donors (Lipinski definition) is 1. The van der Waals surface area contributed by atoms with E-state index in [0.717, 1.165) is 0 Å². The van der Waals surface area contributed by atoms with Crippen molar-refractivity contribution in [3.8, 4) is 0 Å². The maximum absolute atomic E-state index is 11.8. The van der Waals surface area contributed by atoms with Crippen molar-refractivity contribution >= 4 is 11.7 Å². The molecule has 4 heteroatoms. The summed E-state index contributed by atoms with van der Waals surface area (Å²) in [5.41, 5.74) is -0.650. The van der Waals surface area contributed by atoms with Gasteiger partial charge < -0.3 is 10.2 Å². The second-order valence-electron chi connectivity index (χ2n) is 4.19. The molecule has 0 aromatic heterocycles. The first-order valence-electron chi connectivity index (χ1n) is 4.95. The predicted octanol–water partition coefficient (Wildman–Crippen LogP) is 0.174. The number of carbonyl (C=O) groups excluding carboxylic acids is 2. The predicted molar refractivity (Wildman–Crippen MR) is 53.9 cm³/mol. The molecule has 80 valence electrons. The van der Waals surface area contributed by atoms with Crippen LogP contribution in [-0.4, -0.2) is 41.8 Å². The second kappa shape index (κ2) is 3.69. The molecule has 0 spiro atoms. The van der Waals surface area contributed by atoms with Gasteiger partial charge in [0.15, 0.2) is 5.78 Å². The van der Waals surface area contributed by atoms with E-state index in [0.29, 0.717) is 13.0 Å². The van der Waals surface area contributed by atoms with Crippen molar-refractivity contribution in [2.45, 2.75) is 38.8 Å². The Hall–Kier alpha value is -0.900. The van der Waals surface area contributed by atoms with Crippen molar-refractivity contribution in [3.63, 3.8) is 0 Å². The SMILES string of the molecule is CCNC1CC(=O)C(C)(C)N(C)C1=O. The number of amides is 1. The number of piperidine rings is 1. The van der Waals surface area contributed by atoms with Gasteiger partial charge in [-0.15, -0.1) is 0 Å². The summed E-state index contributed by atoms with van der Waals surface area (Å²) >= 11 is 0. The Balaban J connectivity index is 2.84. The van der Waals surface area contributed by atoms with E-state index in [9.17, 15) is 9.59 Å². The van der Waals surface area contributed by atoms with Crippen LogP contribution in [0.1, 0.15) is 27.2 Å². The van der Waals surface area contributed by atoms with Crippen LogP contribution in [-0.2, 0) is 9.59 Å². The molecule has 1 unspecified atom stereocenters. The highest BCUT2D eigenvalue weighted by atomic mass is 16.2. The molecule has 0 aromatic carbocycles. The van der Waals surface area contributed by atoms with E-state index in [1.807, 2.05) is 6.92 Å². The lowest BCUT2D eigenvalue weighted by atomic mass is 9.87. The molecule has 0 bridgehead atoms. The van der Waals surface area contributed by atoms with Gasteiger partial charge in [0.05, 0.1) is 11.6 Å². The minimum absolute atomic E-state index is 0.0106. The average molecular weight is 198 g/mol. The summed E-state index contributed by atoms with van der Waals surface area (Å²) in [4.78, 5) is 25.0. The van der Waals surface area contributed by atoms with E-state index >= 15 is 0 Å². The van der Waals surface area contributed by atoms with Crippen LogP contribution in [0.2, 0.25) is 0 Å². The van der Waals surface area contributed by atoms with E-state index < -0.39 is 5.54 Å². The Kier molecular flexibility index (Phi) is 2.95. The van der Waals surface area contributed by atoms with E-state index in [-0.39, 0.29) is 17.7 Å². The first kappa shape index (κ1) is 11.2. The molecular weight excluding hydrogens is 180 g/mol. The largest absolute Gasteiger partial charge is 0.332 e. The molecule has 1 amide bonds. The highest BCUT2D eigenvalue weighted by Crippen LogP contribution is 2.23. The number of rotatable bonds is 2. The number of likely N-dealkylation sites (tertiary alicyclic amines) is 1. The van der Waals surface area contributed by atoms with Gasteiger partial charge in [-0.2, -0.15) is 0 Å². The molecule has 1 aliphatic heterocycles. The summed E-state index contributed by atoms with van der Waals surface area (Å²) in [6, 6.07) is -0.328. The zero-order chi connectivity index (χ0) is 10.9. The van der Waals surface area contributed by atoms with E-state index in [4.69, 9.17) is 0 Å². The third-order valence-electron chi connectivity index (χ3n) is 2.99. The van der Waals surface area contributed by atoms with Gasteiger partial charge in [-0.05, 0) is 20.4 Å². The molecule has 14 heavy (non-hydrogen) atoms. The van der Waals surface area contributed by atoms with E-state index in [1.165, 1.54) is 4.90 Å². The molecule has 1 atom stereocenters. The first-order valence-corrected chi connectivity index (χ1v) is 4.95. The minimum atomic E-state index is -0.650. The maximum Gasteiger partial charge on any atom is 0.240 e. The summed E-state index contributed by atoms with van der Waals surface area (Å²) in [5, 5.41) is 3.02. The highest BCUT2D eigenvalue weighted by Gasteiger charge is 2.43. The standard InChI is InChI=1S/C10H18N2O2/c1-5-11-7-6-8(13)10(2,3)12(4)9(7)14/h7,11H,5-6H2,1-4H3. The van der Waals surface area contributed by atoms with Crippen LogP contribution < -0.4 is 5.32 Å². The number of hydrogen-bond acceptors (Lipinski definition) is 3. The van der Waals surface area contributed by atoms with Gasteiger partial charge in [0.1, 0.15) is 0 Å². The number of Topliss-reactive ketones (excluding diaryl/α,β-unsaturated/α-hetero) is 1. The Morgan fingerprint density at radius 1 is 1.50 bits per heavy atom. The van der Waals surface area contributed by atoms with Crippen LogP contribution in [0.3, 0.4) is 0 Å². The van der Waals surface area contributed by atoms with Crippen molar-refractivity contribution in [1.29, 1.82) is 0 Å². The molecule has 4 nitrogen and oxygen atoms in total. The number of nitrogens with zero attached hydrogens (tertiary/aromatic N) is 1. The van der Waals surface area contributed by atoms with Crippen LogP contribution >= 0.6 is 0 Å². The summed E-state index contributed by atoms with van der Waals surface area (Å²) in [6.07, 6.45) is 0.310. The fourth-order valence-electron chi connectivity index (χ4n) is 1.62. The van der Waals surface area contributed by atoms with Gasteiger partial charge in [0, 0.05) is 13.5 Å². The van der Waals surface area contributed by atoms with Crippen molar-refractivity contribution in [2.75, 3.05) is 13.6 Å². The van der Waals surface area contributed by atoms with Crippen molar-refractivity contribution in [2.24, 2.45) is 0 Å². The smallest absolute Gasteiger partial charge is 0.240 e. The second-order valence-corrected chi connectivity index (χ2v) is 4.19. The Morgan fingerprint density at radius 2 is 2.07 bits per heavy atom. The Morgan fingerprint density at radius 3 is 2.57 bits per heavy atom. The normalized spacial score (nSPS) is 26.9. The van der Waals surface area contributed by atoms with Gasteiger partial charge >= 0.3 is 0 Å². The fraction of sp³-hybridized carbons (Fsp3) is 0.800. The molecule has 1 saturated heterocycles. The molecule has 0 saturated carbocycles. The maximum atomic E-state index is 11.8. The van der Waals surface area contributed by atoms with E-state index in [1.54, 1.807) is 20.9 Å². The molecule has 0 aliphatic carbocycles. The summed E-state index contributed by atoms with van der Waals surface area (Å²) < 4.78 is 0. The molecule has 0 aromatic rings. The lowest BCUT2D eigenvalue weighted by Gasteiger charge is -2.41. The molecule has 1 fully saturated rings. The van der Waals surface area contributed by atoms with E-state index in [2.05, 4.69) is 5.32 Å². The van der Waals surface area contributed by atoms with Crippen LogP contribution in [0.15, 0.2) is 0 Å². The molecular formula is C10H18N2O2. The summed E-state index contributed by atoms with van der Waals surface area (Å²) in [7, 11) is 1.68. The first-order chi connectivity index (χ1) is 6.41. The van der Waals surface area contributed by atoms with Gasteiger partial charge in [0.2, 0.25) is 5.91 Å². The lowest BCUT2D eigenvalue weighted by Crippen LogP contribution is -2.62. The van der Waals surface area contributed by atoms with Gasteiger partial charge in [-0.3, -0.25) is 9.59 Å². The highest BCUT2D eigenvalue weighted by molar-refractivity contribution is 6.00. The minimum Gasteiger partial charge on any atom is -0.332 e. The number of likely N-dealkylation sites (N-methyl/N-ethyl adjacent to an activating group) is 2. The fourth-order valence-corrected chi connectivity index (χ4v) is 1.62. The quantitative estimate of drug-likeness (QED) is 0.688. The molecule has 1 N–H and O–H groups in total. The third kappa shape index (κ3) is 1.66. The topological polar surface area (TPSA) is 49.4 Å². The Labute approximate surface area is 84.7 Å². The molecule has 1 aliphatic rings. The third-order valence-corrected chi connectivity index (χ3v) is 2.99. The van der Waals surface area contributed by atoms with Crippen molar-refractivity contribution < 1.29 is 9.59 Å². The zero-order valence-electron chi connectivity index (χ0n) is 9.26. The van der Waals surface area contributed by atoms with Crippen molar-refractivity contribution in [1.82, 2.24) is 10.2 Å². The lowest BCUT2D eigenvalue weighted by molar-refractivity contribution is -0.151. The number of ketones is 1. The van der Waals surface area contributed by atoms with Crippen molar-refractivity contribution in [3.05, 3.63) is 0 Å². The monoisotopic (exact) mass is 198 g/mol. The summed E-state index contributed by atoms with van der Waals surface area (Å²) in [6.45, 7) is 6.21. The van der Waals surface area contributed by atoms with Gasteiger partial charge in [0.25, 0.3) is 0 Å². The zero-order valence-corrected chi connectivity index (χ0v) is 9.26. The summed E-state index contributed by atoms with van der Waals surface area (Å²) in [5.74, 6) is 0.127. The molecule has 1 rings (SSSR count). The van der Waals surface area contributed by atoms with Gasteiger partial charge in [-0.25, -0.2) is 0 Å². The molecule has 0 radical (unpaired) electrons. The van der Waals surface area contributed by atoms with Crippen LogP contribution in [0.5, 0.6) is 0 Å². The van der Waals surface area contributed by atoms with Crippen LogP contribution in [0.4, 0.5) is 0 Å². The number of nitrogens with one attached hydrogen (secondary N) is 1. The average Bonchev–Trinajstić information content (AvgIpc) is 2.12. The number of carbonyl (C=O) groups is 2.